The van der Waals surface area contributed by atoms with Crippen molar-refractivity contribution in [3.8, 4) is 11.8 Å². The van der Waals surface area contributed by atoms with Crippen LogP contribution in [-0.2, 0) is 17.8 Å². The van der Waals surface area contributed by atoms with Gasteiger partial charge in [0.2, 0.25) is 17.7 Å². The topological polar surface area (TPSA) is 91.2 Å². The number of amides is 1. The lowest BCUT2D eigenvalue weighted by molar-refractivity contribution is -0.154. The lowest BCUT2D eigenvalue weighted by atomic mass is 10.2. The number of likely N-dealkylation sites (N-methyl/N-ethyl adjacent to an activating group) is 1. The van der Waals surface area contributed by atoms with Crippen LogP contribution >= 0.6 is 0 Å². The molecule has 30 heavy (non-hydrogen) atoms. The summed E-state index contributed by atoms with van der Waals surface area (Å²) in [4.78, 5) is 20.1. The van der Waals surface area contributed by atoms with Crippen LogP contribution in [0.5, 0.6) is 11.8 Å². The summed E-state index contributed by atoms with van der Waals surface area (Å²) in [6.07, 6.45) is -0.983. The van der Waals surface area contributed by atoms with Crippen molar-refractivity contribution in [3.63, 3.8) is 0 Å². The number of halogens is 3. The molecule has 0 unspecified atom stereocenters. The van der Waals surface area contributed by atoms with Crippen LogP contribution < -0.4 is 14.8 Å². The third-order valence-corrected chi connectivity index (χ3v) is 4.09. The van der Waals surface area contributed by atoms with Gasteiger partial charge in [0.1, 0.15) is 0 Å². The standard InChI is InChI=1S/C19H20F3N5O3/c1-3-23-16(28)8-15-13-10-27(26-14(13)6-7-24-15)9-12-4-5-17(25-18(12)29-2)30-11-19(20,21)22/h4-7,10H,3,8-9,11H2,1-2H3,(H,23,28). The first-order valence-electron chi connectivity index (χ1n) is 9.10. The molecule has 0 aliphatic carbocycles. The Morgan fingerprint density at radius 3 is 2.77 bits per heavy atom. The number of hydrogen-bond acceptors (Lipinski definition) is 6. The maximum atomic E-state index is 12.3. The number of methoxy groups -OCH3 is 1. The monoisotopic (exact) mass is 423 g/mol. The number of fused-ring (bicyclic) bond motifs is 1. The molecular weight excluding hydrogens is 403 g/mol. The van der Waals surface area contributed by atoms with Gasteiger partial charge in [-0.1, -0.05) is 0 Å². The van der Waals surface area contributed by atoms with E-state index in [9.17, 15) is 18.0 Å². The first-order valence-corrected chi connectivity index (χ1v) is 9.10. The molecule has 160 valence electrons. The van der Waals surface area contributed by atoms with Crippen molar-refractivity contribution in [3.05, 3.63) is 41.9 Å². The molecule has 3 heterocycles. The predicted octanol–water partition coefficient (Wildman–Crippen LogP) is 2.50. The molecule has 8 nitrogen and oxygen atoms in total. The molecule has 0 saturated carbocycles. The molecule has 0 fully saturated rings. The van der Waals surface area contributed by atoms with E-state index in [1.54, 1.807) is 29.2 Å². The highest BCUT2D eigenvalue weighted by Gasteiger charge is 2.28. The van der Waals surface area contributed by atoms with Gasteiger partial charge in [-0.3, -0.25) is 14.5 Å². The minimum absolute atomic E-state index is 0.132. The summed E-state index contributed by atoms with van der Waals surface area (Å²) in [6, 6.07) is 4.64. The van der Waals surface area contributed by atoms with Crippen molar-refractivity contribution in [2.45, 2.75) is 26.1 Å². The Morgan fingerprint density at radius 2 is 2.07 bits per heavy atom. The van der Waals surface area contributed by atoms with E-state index in [0.29, 0.717) is 23.3 Å². The van der Waals surface area contributed by atoms with Crippen LogP contribution in [-0.4, -0.2) is 52.1 Å². The molecule has 0 aromatic carbocycles. The normalized spacial score (nSPS) is 11.5. The van der Waals surface area contributed by atoms with Crippen molar-refractivity contribution in [1.29, 1.82) is 0 Å². The summed E-state index contributed by atoms with van der Waals surface area (Å²) in [6.45, 7) is 1.19. The van der Waals surface area contributed by atoms with Gasteiger partial charge in [0, 0.05) is 36.0 Å². The molecule has 1 N–H and O–H groups in total. The Morgan fingerprint density at radius 1 is 1.27 bits per heavy atom. The van der Waals surface area contributed by atoms with Crippen molar-refractivity contribution in [2.24, 2.45) is 0 Å². The second kappa shape index (κ2) is 8.97. The summed E-state index contributed by atoms with van der Waals surface area (Å²) in [5.41, 5.74) is 1.87. The third kappa shape index (κ3) is 5.37. The molecule has 11 heteroatoms. The van der Waals surface area contributed by atoms with Crippen molar-refractivity contribution in [1.82, 2.24) is 25.1 Å². The molecule has 0 saturated heterocycles. The fourth-order valence-electron chi connectivity index (χ4n) is 2.84. The second-order valence-electron chi connectivity index (χ2n) is 6.37. The van der Waals surface area contributed by atoms with Crippen LogP contribution in [0.1, 0.15) is 18.2 Å². The molecule has 3 aromatic rings. The zero-order valence-electron chi connectivity index (χ0n) is 16.4. The van der Waals surface area contributed by atoms with Gasteiger partial charge >= 0.3 is 6.18 Å². The van der Waals surface area contributed by atoms with Gasteiger partial charge in [0.15, 0.2) is 6.61 Å². The molecule has 0 atom stereocenters. The van der Waals surface area contributed by atoms with E-state index in [-0.39, 0.29) is 30.6 Å². The summed E-state index contributed by atoms with van der Waals surface area (Å²) in [5, 5.41) is 7.94. The molecule has 1 amide bonds. The van der Waals surface area contributed by atoms with Crippen LogP contribution in [0.15, 0.2) is 30.6 Å². The number of ether oxygens (including phenoxy) is 2. The summed E-state index contributed by atoms with van der Waals surface area (Å²) < 4.78 is 48.4. The molecule has 0 radical (unpaired) electrons. The lowest BCUT2D eigenvalue weighted by Crippen LogP contribution is -2.24. The average Bonchev–Trinajstić information content (AvgIpc) is 3.10. The Labute approximate surface area is 170 Å². The number of pyridine rings is 2. The minimum Gasteiger partial charge on any atom is -0.481 e. The predicted molar refractivity (Wildman–Crippen MR) is 101 cm³/mol. The van der Waals surface area contributed by atoms with Crippen molar-refractivity contribution < 1.29 is 27.4 Å². The van der Waals surface area contributed by atoms with Crippen molar-refractivity contribution in [2.75, 3.05) is 20.3 Å². The van der Waals surface area contributed by atoms with E-state index in [1.165, 1.54) is 13.2 Å². The molecule has 3 aromatic heterocycles. The number of nitrogens with one attached hydrogen (secondary N) is 1. The Balaban J connectivity index is 1.81. The van der Waals surface area contributed by atoms with E-state index in [2.05, 4.69) is 25.1 Å². The SMILES string of the molecule is CCNC(=O)Cc1nccc2nn(Cc3ccc(OCC(F)(F)F)nc3OC)cc12. The van der Waals surface area contributed by atoms with Gasteiger partial charge < -0.3 is 14.8 Å². The number of rotatable bonds is 8. The van der Waals surface area contributed by atoms with E-state index < -0.39 is 12.8 Å². The molecular formula is C19H20F3N5O3. The summed E-state index contributed by atoms with van der Waals surface area (Å²) >= 11 is 0. The number of nitrogens with zero attached hydrogens (tertiary/aromatic N) is 4. The molecule has 3 rings (SSSR count). The maximum absolute atomic E-state index is 12.3. The lowest BCUT2D eigenvalue weighted by Gasteiger charge is -2.11. The number of carbonyl (C=O) groups is 1. The summed E-state index contributed by atoms with van der Waals surface area (Å²) in [7, 11) is 1.37. The molecule has 0 aliphatic heterocycles. The van der Waals surface area contributed by atoms with E-state index in [4.69, 9.17) is 4.74 Å². The van der Waals surface area contributed by atoms with Crippen LogP contribution in [0, 0.1) is 0 Å². The number of alkyl halides is 3. The molecule has 0 aliphatic rings. The fourth-order valence-corrected chi connectivity index (χ4v) is 2.84. The Kier molecular flexibility index (Phi) is 6.38. The second-order valence-corrected chi connectivity index (χ2v) is 6.37. The maximum Gasteiger partial charge on any atom is 0.422 e. The van der Waals surface area contributed by atoms with Gasteiger partial charge in [-0.25, -0.2) is 0 Å². The quantitative estimate of drug-likeness (QED) is 0.599. The largest absolute Gasteiger partial charge is 0.481 e. The van der Waals surface area contributed by atoms with Gasteiger partial charge in [-0.15, -0.1) is 0 Å². The van der Waals surface area contributed by atoms with Crippen LogP contribution in [0.25, 0.3) is 10.9 Å². The smallest absolute Gasteiger partial charge is 0.422 e. The summed E-state index contributed by atoms with van der Waals surface area (Å²) in [5.74, 6) is -0.188. The third-order valence-electron chi connectivity index (χ3n) is 4.09. The highest BCUT2D eigenvalue weighted by atomic mass is 19.4. The zero-order valence-corrected chi connectivity index (χ0v) is 16.4. The van der Waals surface area contributed by atoms with E-state index >= 15 is 0 Å². The van der Waals surface area contributed by atoms with E-state index in [0.717, 1.165) is 5.39 Å². The molecule has 0 spiro atoms. The van der Waals surface area contributed by atoms with Crippen LogP contribution in [0.3, 0.4) is 0 Å². The number of aromatic nitrogens is 4. The highest BCUT2D eigenvalue weighted by Crippen LogP contribution is 2.24. The Bertz CT molecular complexity index is 1040. The van der Waals surface area contributed by atoms with Crippen LogP contribution in [0.4, 0.5) is 13.2 Å². The minimum atomic E-state index is -4.46. The number of hydrogen-bond donors (Lipinski definition) is 1. The van der Waals surface area contributed by atoms with Crippen molar-refractivity contribution >= 4 is 16.8 Å². The highest BCUT2D eigenvalue weighted by molar-refractivity contribution is 5.86. The van der Waals surface area contributed by atoms with Gasteiger partial charge in [-0.2, -0.15) is 23.3 Å². The first-order chi connectivity index (χ1) is 14.3. The zero-order chi connectivity index (χ0) is 21.7. The fraction of sp³-hybridized carbons (Fsp3) is 0.368. The van der Waals surface area contributed by atoms with E-state index in [1.807, 2.05) is 6.92 Å². The average molecular weight is 423 g/mol. The van der Waals surface area contributed by atoms with Gasteiger partial charge in [0.25, 0.3) is 0 Å². The molecule has 0 bridgehead atoms. The van der Waals surface area contributed by atoms with Crippen LogP contribution in [0.2, 0.25) is 0 Å². The van der Waals surface area contributed by atoms with Gasteiger partial charge in [-0.05, 0) is 19.1 Å². The number of carbonyl (C=O) groups excluding carboxylic acids is 1. The Hall–Kier alpha value is -3.37. The first kappa shape index (κ1) is 21.3. The van der Waals surface area contributed by atoms with Gasteiger partial charge in [0.05, 0.1) is 31.3 Å².